The summed E-state index contributed by atoms with van der Waals surface area (Å²) in [5.41, 5.74) is 9.97. The maximum absolute atomic E-state index is 11.4. The summed E-state index contributed by atoms with van der Waals surface area (Å²) in [4.78, 5) is 39.6. The quantitative estimate of drug-likeness (QED) is 0.188. The number of aromatic nitrogens is 2. The Kier molecular flexibility index (Phi) is 6.61. The molecule has 1 amide bonds. The zero-order chi connectivity index (χ0) is 17.4. The average Bonchev–Trinajstić information content (AvgIpc) is 2.79. The minimum atomic E-state index is -0.734. The number of carbonyl (C=O) groups is 2. The van der Waals surface area contributed by atoms with Gasteiger partial charge in [0.1, 0.15) is 32.6 Å². The SMILES string of the molecule is Cc1ncc([N+](=O)[O-])n1CCOC(=O)COCC(=O)N=C(N)N. The van der Waals surface area contributed by atoms with Crippen LogP contribution in [0.4, 0.5) is 5.82 Å². The molecular weight excluding hydrogens is 312 g/mol. The van der Waals surface area contributed by atoms with E-state index in [1.807, 2.05) is 0 Å². The third kappa shape index (κ3) is 6.09. The van der Waals surface area contributed by atoms with E-state index in [9.17, 15) is 19.7 Å². The van der Waals surface area contributed by atoms with Gasteiger partial charge in [-0.3, -0.25) is 4.79 Å². The van der Waals surface area contributed by atoms with E-state index < -0.39 is 36.0 Å². The second kappa shape index (κ2) is 8.43. The minimum absolute atomic E-state index is 0.0703. The molecular formula is C11H16N6O6. The van der Waals surface area contributed by atoms with E-state index >= 15 is 0 Å². The molecule has 126 valence electrons. The summed E-state index contributed by atoms with van der Waals surface area (Å²) in [6, 6.07) is 0. The van der Waals surface area contributed by atoms with Gasteiger partial charge in [-0.1, -0.05) is 0 Å². The third-order valence-corrected chi connectivity index (χ3v) is 2.50. The number of hydrogen-bond donors (Lipinski definition) is 2. The second-order valence-electron chi connectivity index (χ2n) is 4.22. The van der Waals surface area contributed by atoms with Crippen molar-refractivity contribution in [3.05, 3.63) is 22.1 Å². The molecule has 0 fully saturated rings. The number of aryl methyl sites for hydroxylation is 1. The molecule has 0 aliphatic carbocycles. The lowest BCUT2D eigenvalue weighted by molar-refractivity contribution is -0.392. The molecule has 0 radical (unpaired) electrons. The summed E-state index contributed by atoms with van der Waals surface area (Å²) in [6.45, 7) is 0.603. The summed E-state index contributed by atoms with van der Waals surface area (Å²) in [7, 11) is 0. The maximum Gasteiger partial charge on any atom is 0.342 e. The molecule has 0 unspecified atom stereocenters. The Morgan fingerprint density at radius 1 is 1.43 bits per heavy atom. The Hall–Kier alpha value is -3.02. The van der Waals surface area contributed by atoms with Crippen molar-refractivity contribution in [1.29, 1.82) is 0 Å². The number of esters is 1. The molecule has 1 heterocycles. The van der Waals surface area contributed by atoms with E-state index in [0.29, 0.717) is 5.82 Å². The molecule has 0 bridgehead atoms. The molecule has 4 N–H and O–H groups in total. The number of amides is 1. The number of guanidine groups is 1. The van der Waals surface area contributed by atoms with E-state index in [0.717, 1.165) is 6.20 Å². The van der Waals surface area contributed by atoms with Crippen LogP contribution in [0.25, 0.3) is 0 Å². The first-order chi connectivity index (χ1) is 10.8. The zero-order valence-electron chi connectivity index (χ0n) is 12.3. The number of carbonyl (C=O) groups excluding carboxylic acids is 2. The largest absolute Gasteiger partial charge is 0.460 e. The van der Waals surface area contributed by atoms with Crippen LogP contribution in [0.15, 0.2) is 11.2 Å². The van der Waals surface area contributed by atoms with Gasteiger partial charge in [0.15, 0.2) is 11.8 Å². The highest BCUT2D eigenvalue weighted by molar-refractivity contribution is 5.92. The molecule has 0 saturated heterocycles. The molecule has 12 nitrogen and oxygen atoms in total. The number of nitro groups is 1. The molecule has 23 heavy (non-hydrogen) atoms. The number of ether oxygens (including phenoxy) is 2. The van der Waals surface area contributed by atoms with Gasteiger partial charge in [0.2, 0.25) is 0 Å². The van der Waals surface area contributed by atoms with E-state index in [1.165, 1.54) is 4.57 Å². The van der Waals surface area contributed by atoms with Crippen molar-refractivity contribution < 1.29 is 24.0 Å². The summed E-state index contributed by atoms with van der Waals surface area (Å²) in [5.74, 6) is -1.65. The van der Waals surface area contributed by atoms with Crippen LogP contribution in [0.3, 0.4) is 0 Å². The maximum atomic E-state index is 11.4. The Balaban J connectivity index is 2.32. The molecule has 0 aliphatic heterocycles. The first-order valence-electron chi connectivity index (χ1n) is 6.33. The van der Waals surface area contributed by atoms with Gasteiger partial charge in [0.05, 0.1) is 0 Å². The van der Waals surface area contributed by atoms with Gasteiger partial charge in [0.25, 0.3) is 5.91 Å². The van der Waals surface area contributed by atoms with Crippen LogP contribution in [0, 0.1) is 17.0 Å². The van der Waals surface area contributed by atoms with Crippen LogP contribution in [0.5, 0.6) is 0 Å². The Morgan fingerprint density at radius 2 is 2.13 bits per heavy atom. The Bertz CT molecular complexity index is 621. The van der Waals surface area contributed by atoms with Gasteiger partial charge in [-0.05, 0) is 4.92 Å². The molecule has 0 spiro atoms. The summed E-state index contributed by atoms with van der Waals surface area (Å²) in [5, 5.41) is 10.8. The summed E-state index contributed by atoms with van der Waals surface area (Å²) >= 11 is 0. The van der Waals surface area contributed by atoms with E-state index in [1.54, 1.807) is 6.92 Å². The van der Waals surface area contributed by atoms with E-state index in [-0.39, 0.29) is 19.0 Å². The number of nitrogens with zero attached hydrogens (tertiary/aromatic N) is 4. The number of hydrogen-bond acceptors (Lipinski definition) is 7. The second-order valence-corrected chi connectivity index (χ2v) is 4.22. The van der Waals surface area contributed by atoms with E-state index in [2.05, 4.69) is 9.98 Å². The lowest BCUT2D eigenvalue weighted by Gasteiger charge is -2.05. The molecule has 0 saturated carbocycles. The standard InChI is InChI=1S/C11H16N6O6/c1-7-14-4-9(17(20)21)16(7)2-3-23-10(19)6-22-5-8(18)15-11(12)13/h4H,2-3,5-6H2,1H3,(H4,12,13,15,18). The van der Waals surface area contributed by atoms with Crippen molar-refractivity contribution in [2.75, 3.05) is 19.8 Å². The predicted octanol–water partition coefficient (Wildman–Crippen LogP) is -1.54. The third-order valence-electron chi connectivity index (χ3n) is 2.50. The van der Waals surface area contributed by atoms with Crippen molar-refractivity contribution in [3.8, 4) is 0 Å². The fourth-order valence-corrected chi connectivity index (χ4v) is 1.57. The van der Waals surface area contributed by atoms with Gasteiger partial charge in [-0.2, -0.15) is 4.99 Å². The van der Waals surface area contributed by atoms with Crippen LogP contribution in [0.2, 0.25) is 0 Å². The molecule has 0 aromatic carbocycles. The van der Waals surface area contributed by atoms with Crippen LogP contribution in [-0.2, 0) is 25.6 Å². The lowest BCUT2D eigenvalue weighted by atomic mass is 10.5. The lowest BCUT2D eigenvalue weighted by Crippen LogP contribution is -2.25. The van der Waals surface area contributed by atoms with E-state index in [4.69, 9.17) is 20.9 Å². The molecule has 1 rings (SSSR count). The normalized spacial score (nSPS) is 10.1. The van der Waals surface area contributed by atoms with Crippen molar-refractivity contribution >= 4 is 23.7 Å². The van der Waals surface area contributed by atoms with Gasteiger partial charge in [-0.15, -0.1) is 0 Å². The number of rotatable bonds is 8. The molecule has 1 aromatic rings. The highest BCUT2D eigenvalue weighted by Gasteiger charge is 2.17. The average molecular weight is 328 g/mol. The highest BCUT2D eigenvalue weighted by atomic mass is 16.6. The van der Waals surface area contributed by atoms with Gasteiger partial charge in [-0.25, -0.2) is 14.3 Å². The number of nitrogens with two attached hydrogens (primary N) is 2. The first-order valence-corrected chi connectivity index (χ1v) is 6.33. The van der Waals surface area contributed by atoms with Gasteiger partial charge >= 0.3 is 11.8 Å². The van der Waals surface area contributed by atoms with Gasteiger partial charge < -0.3 is 31.1 Å². The monoisotopic (exact) mass is 328 g/mol. The number of imidazole rings is 1. The zero-order valence-corrected chi connectivity index (χ0v) is 12.3. The molecule has 12 heteroatoms. The van der Waals surface area contributed by atoms with Gasteiger partial charge in [0, 0.05) is 6.92 Å². The fourth-order valence-electron chi connectivity index (χ4n) is 1.57. The topological polar surface area (TPSA) is 178 Å². The van der Waals surface area contributed by atoms with Crippen molar-refractivity contribution in [3.63, 3.8) is 0 Å². The molecule has 1 aromatic heterocycles. The van der Waals surface area contributed by atoms with Crippen molar-refractivity contribution in [2.45, 2.75) is 13.5 Å². The first kappa shape index (κ1) is 18.0. The molecule has 0 atom stereocenters. The minimum Gasteiger partial charge on any atom is -0.460 e. The van der Waals surface area contributed by atoms with Crippen molar-refractivity contribution in [1.82, 2.24) is 9.55 Å². The van der Waals surface area contributed by atoms with Crippen molar-refractivity contribution in [2.24, 2.45) is 16.5 Å². The Labute approximate surface area is 130 Å². The molecule has 0 aliphatic rings. The van der Waals surface area contributed by atoms with Crippen LogP contribution in [-0.4, -0.2) is 52.1 Å². The summed E-state index contributed by atoms with van der Waals surface area (Å²) < 4.78 is 10.9. The summed E-state index contributed by atoms with van der Waals surface area (Å²) in [6.07, 6.45) is 1.12. The fraction of sp³-hybridized carbons (Fsp3) is 0.455. The Morgan fingerprint density at radius 3 is 2.74 bits per heavy atom. The predicted molar refractivity (Wildman–Crippen MR) is 76.2 cm³/mol. The van der Waals surface area contributed by atoms with Crippen LogP contribution < -0.4 is 11.5 Å². The van der Waals surface area contributed by atoms with Crippen LogP contribution >= 0.6 is 0 Å². The number of aliphatic imine (C=N–C) groups is 1. The highest BCUT2D eigenvalue weighted by Crippen LogP contribution is 2.12. The smallest absolute Gasteiger partial charge is 0.342 e. The van der Waals surface area contributed by atoms with Crippen LogP contribution in [0.1, 0.15) is 5.82 Å².